The van der Waals surface area contributed by atoms with Gasteiger partial charge < -0.3 is 20.8 Å². The maximum Gasteiger partial charge on any atom is 0.191 e. The summed E-state index contributed by atoms with van der Waals surface area (Å²) in [6.45, 7) is 6.54. The van der Waals surface area contributed by atoms with Gasteiger partial charge in [0.05, 0.1) is 6.54 Å². The van der Waals surface area contributed by atoms with E-state index in [-0.39, 0.29) is 30.6 Å². The lowest BCUT2D eigenvalue weighted by Gasteiger charge is -2.21. The fourth-order valence-corrected chi connectivity index (χ4v) is 3.75. The van der Waals surface area contributed by atoms with Gasteiger partial charge in [-0.25, -0.2) is 4.99 Å². The molecule has 1 atom stereocenters. The number of phenols is 1. The topological polar surface area (TPSA) is 76.9 Å². The van der Waals surface area contributed by atoms with Crippen molar-refractivity contribution in [1.29, 1.82) is 0 Å². The number of aromatic hydroxyl groups is 1. The number of nitrogens with one attached hydrogen (secondary N) is 2. The molecule has 1 aliphatic carbocycles. The molecule has 0 saturated heterocycles. The summed E-state index contributed by atoms with van der Waals surface area (Å²) in [5, 5.41) is 26.2. The molecule has 154 valence electrons. The molecular formula is C21H36IN3O2. The van der Waals surface area contributed by atoms with Gasteiger partial charge in [0.2, 0.25) is 0 Å². The van der Waals surface area contributed by atoms with Crippen LogP contribution in [0, 0.1) is 5.92 Å². The number of halogens is 1. The molecule has 1 unspecified atom stereocenters. The first-order valence-corrected chi connectivity index (χ1v) is 10.1. The quantitative estimate of drug-likeness (QED) is 0.242. The number of nitrogens with zero attached hydrogens (tertiary/aromatic N) is 1. The number of aliphatic hydroxyl groups is 1. The maximum atomic E-state index is 10.3. The van der Waals surface area contributed by atoms with Crippen LogP contribution < -0.4 is 10.6 Å². The van der Waals surface area contributed by atoms with E-state index in [0.717, 1.165) is 56.7 Å². The number of benzene rings is 1. The van der Waals surface area contributed by atoms with E-state index >= 15 is 0 Å². The lowest BCUT2D eigenvalue weighted by molar-refractivity contribution is 0.251. The van der Waals surface area contributed by atoms with Crippen molar-refractivity contribution in [2.75, 3.05) is 19.7 Å². The highest BCUT2D eigenvalue weighted by molar-refractivity contribution is 14.0. The normalized spacial score (nSPS) is 14.9. The standard InChI is InChI=1S/C21H35N3O2.HI/c1-3-7-16(12-13-25)14-23-21(22-4-2)24-15-19-18-9-6-5-8-17(18)10-11-20(19)26;/h10-11,16,25-26H,3-9,12-15H2,1-2H3,(H2,22,23,24);1H. The lowest BCUT2D eigenvalue weighted by atomic mass is 9.88. The van der Waals surface area contributed by atoms with E-state index in [9.17, 15) is 10.2 Å². The summed E-state index contributed by atoms with van der Waals surface area (Å²) in [5.74, 6) is 1.58. The number of hydrogen-bond donors (Lipinski definition) is 4. The summed E-state index contributed by atoms with van der Waals surface area (Å²) in [4.78, 5) is 4.72. The van der Waals surface area contributed by atoms with E-state index in [4.69, 9.17) is 4.99 Å². The van der Waals surface area contributed by atoms with Gasteiger partial charge in [-0.15, -0.1) is 24.0 Å². The molecule has 1 aromatic rings. The molecule has 0 saturated carbocycles. The minimum Gasteiger partial charge on any atom is -0.508 e. The summed E-state index contributed by atoms with van der Waals surface area (Å²) >= 11 is 0. The second-order valence-electron chi connectivity index (χ2n) is 7.15. The van der Waals surface area contributed by atoms with Gasteiger partial charge in [-0.05, 0) is 68.6 Å². The average Bonchev–Trinajstić information content (AvgIpc) is 2.65. The number of aryl methyl sites for hydroxylation is 1. The van der Waals surface area contributed by atoms with Crippen molar-refractivity contribution in [2.45, 2.75) is 65.3 Å². The fourth-order valence-electron chi connectivity index (χ4n) is 3.75. The van der Waals surface area contributed by atoms with Crippen molar-refractivity contribution in [3.8, 4) is 5.75 Å². The van der Waals surface area contributed by atoms with Crippen molar-refractivity contribution >= 4 is 29.9 Å². The number of phenolic OH excluding ortho intramolecular Hbond substituents is 1. The molecule has 5 nitrogen and oxygen atoms in total. The van der Waals surface area contributed by atoms with Crippen LogP contribution in [-0.2, 0) is 19.4 Å². The van der Waals surface area contributed by atoms with Crippen LogP contribution in [0.5, 0.6) is 5.75 Å². The van der Waals surface area contributed by atoms with E-state index < -0.39 is 0 Å². The number of hydrogen-bond acceptors (Lipinski definition) is 3. The second-order valence-corrected chi connectivity index (χ2v) is 7.15. The van der Waals surface area contributed by atoms with Gasteiger partial charge in [0.15, 0.2) is 5.96 Å². The van der Waals surface area contributed by atoms with Crippen LogP contribution in [0.3, 0.4) is 0 Å². The van der Waals surface area contributed by atoms with Gasteiger partial charge in [-0.1, -0.05) is 19.4 Å². The van der Waals surface area contributed by atoms with Gasteiger partial charge in [-0.2, -0.15) is 0 Å². The Morgan fingerprint density at radius 3 is 2.63 bits per heavy atom. The van der Waals surface area contributed by atoms with Crippen LogP contribution in [0.2, 0.25) is 0 Å². The molecule has 0 aliphatic heterocycles. The first-order valence-electron chi connectivity index (χ1n) is 10.1. The highest BCUT2D eigenvalue weighted by Gasteiger charge is 2.16. The van der Waals surface area contributed by atoms with E-state index in [1.807, 2.05) is 6.07 Å². The van der Waals surface area contributed by atoms with Crippen molar-refractivity contribution < 1.29 is 10.2 Å². The van der Waals surface area contributed by atoms with Gasteiger partial charge >= 0.3 is 0 Å². The summed E-state index contributed by atoms with van der Waals surface area (Å²) in [6, 6.07) is 3.87. The predicted octanol–water partition coefficient (Wildman–Crippen LogP) is 3.74. The van der Waals surface area contributed by atoms with Crippen molar-refractivity contribution in [3.05, 3.63) is 28.8 Å². The minimum atomic E-state index is 0. The second kappa shape index (κ2) is 13.2. The van der Waals surface area contributed by atoms with E-state index in [0.29, 0.717) is 18.2 Å². The first-order chi connectivity index (χ1) is 12.7. The molecule has 0 aromatic heterocycles. The van der Waals surface area contributed by atoms with Crippen molar-refractivity contribution in [1.82, 2.24) is 10.6 Å². The fraction of sp³-hybridized carbons (Fsp3) is 0.667. The van der Waals surface area contributed by atoms with Crippen LogP contribution in [-0.4, -0.2) is 35.9 Å². The molecule has 0 heterocycles. The van der Waals surface area contributed by atoms with Crippen molar-refractivity contribution in [2.24, 2.45) is 10.9 Å². The zero-order chi connectivity index (χ0) is 18.8. The zero-order valence-electron chi connectivity index (χ0n) is 16.8. The minimum absolute atomic E-state index is 0. The molecular weight excluding hydrogens is 453 g/mol. The maximum absolute atomic E-state index is 10.3. The van der Waals surface area contributed by atoms with Crippen LogP contribution in [0.4, 0.5) is 0 Å². The largest absolute Gasteiger partial charge is 0.508 e. The Balaban J connectivity index is 0.00000364. The molecule has 2 rings (SSSR count). The summed E-state index contributed by atoms with van der Waals surface area (Å²) in [6.07, 6.45) is 7.58. The molecule has 0 radical (unpaired) electrons. The number of aliphatic imine (C=N–C) groups is 1. The Kier molecular flexibility index (Phi) is 11.7. The molecule has 1 aliphatic rings. The highest BCUT2D eigenvalue weighted by atomic mass is 127. The van der Waals surface area contributed by atoms with Crippen LogP contribution in [0.25, 0.3) is 0 Å². The van der Waals surface area contributed by atoms with Gasteiger partial charge in [0.25, 0.3) is 0 Å². The molecule has 0 amide bonds. The lowest BCUT2D eigenvalue weighted by Crippen LogP contribution is -2.40. The Labute approximate surface area is 181 Å². The van der Waals surface area contributed by atoms with E-state index in [1.165, 1.54) is 24.0 Å². The number of guanidine groups is 1. The summed E-state index contributed by atoms with van der Waals surface area (Å²) in [5.41, 5.74) is 3.63. The number of rotatable bonds is 9. The van der Waals surface area contributed by atoms with Crippen LogP contribution in [0.15, 0.2) is 17.1 Å². The predicted molar refractivity (Wildman–Crippen MR) is 123 cm³/mol. The highest BCUT2D eigenvalue weighted by Crippen LogP contribution is 2.31. The Morgan fingerprint density at radius 2 is 1.93 bits per heavy atom. The number of aliphatic hydroxyl groups excluding tert-OH is 1. The molecule has 1 aromatic carbocycles. The third kappa shape index (κ3) is 7.49. The third-order valence-corrected chi connectivity index (χ3v) is 5.16. The molecule has 27 heavy (non-hydrogen) atoms. The van der Waals surface area contributed by atoms with Crippen molar-refractivity contribution in [3.63, 3.8) is 0 Å². The SMILES string of the molecule is CCCC(CCO)CNC(=NCc1c(O)ccc2c1CCCC2)NCC.I. The molecule has 4 N–H and O–H groups in total. The van der Waals surface area contributed by atoms with Gasteiger partial charge in [-0.3, -0.25) is 0 Å². The van der Waals surface area contributed by atoms with Crippen LogP contribution in [0.1, 0.15) is 62.6 Å². The molecule has 6 heteroatoms. The van der Waals surface area contributed by atoms with Gasteiger partial charge in [0, 0.05) is 25.3 Å². The van der Waals surface area contributed by atoms with Crippen LogP contribution >= 0.6 is 24.0 Å². The average molecular weight is 489 g/mol. The Morgan fingerprint density at radius 1 is 1.15 bits per heavy atom. The summed E-state index contributed by atoms with van der Waals surface area (Å²) in [7, 11) is 0. The molecule has 0 spiro atoms. The molecule has 0 bridgehead atoms. The third-order valence-electron chi connectivity index (χ3n) is 5.16. The Bertz CT molecular complexity index is 587. The Hall–Kier alpha value is -1.02. The van der Waals surface area contributed by atoms with E-state index in [2.05, 4.69) is 30.5 Å². The smallest absolute Gasteiger partial charge is 0.191 e. The number of fused-ring (bicyclic) bond motifs is 1. The summed E-state index contributed by atoms with van der Waals surface area (Å²) < 4.78 is 0. The molecule has 0 fully saturated rings. The monoisotopic (exact) mass is 489 g/mol. The zero-order valence-corrected chi connectivity index (χ0v) is 19.1. The van der Waals surface area contributed by atoms with E-state index in [1.54, 1.807) is 0 Å². The first kappa shape index (κ1) is 24.0. The van der Waals surface area contributed by atoms with Gasteiger partial charge in [0.1, 0.15) is 5.75 Å².